The zero-order valence-corrected chi connectivity index (χ0v) is 12.4. The van der Waals surface area contributed by atoms with Crippen LogP contribution in [-0.2, 0) is 6.54 Å². The highest BCUT2D eigenvalue weighted by Gasteiger charge is 2.16. The van der Waals surface area contributed by atoms with Crippen LogP contribution in [0.5, 0.6) is 0 Å². The largest absolute Gasteiger partial charge is 0.330 e. The number of nitrogens with zero attached hydrogens (tertiary/aromatic N) is 2. The molecular formula is C15H18BrN3. The molecule has 0 bridgehead atoms. The number of piperidine rings is 1. The van der Waals surface area contributed by atoms with E-state index >= 15 is 0 Å². The Balaban J connectivity index is 1.84. The molecule has 1 saturated heterocycles. The molecule has 0 radical (unpaired) electrons. The number of halogens is 1. The van der Waals surface area contributed by atoms with Crippen molar-refractivity contribution in [2.24, 2.45) is 5.92 Å². The monoisotopic (exact) mass is 319 g/mol. The normalized spacial score (nSPS) is 16.7. The maximum absolute atomic E-state index is 4.33. The van der Waals surface area contributed by atoms with E-state index in [4.69, 9.17) is 0 Å². The predicted octanol–water partition coefficient (Wildman–Crippen LogP) is 3.31. The second kappa shape index (κ2) is 5.88. The summed E-state index contributed by atoms with van der Waals surface area (Å²) in [6.45, 7) is 3.35. The third kappa shape index (κ3) is 2.90. The number of nitrogens with one attached hydrogen (secondary N) is 1. The zero-order chi connectivity index (χ0) is 13.1. The number of aromatic nitrogens is 2. The molecule has 2 aromatic rings. The van der Waals surface area contributed by atoms with E-state index in [1.54, 1.807) is 0 Å². The third-order valence-electron chi connectivity index (χ3n) is 3.78. The Bertz CT molecular complexity index is 544. The first-order chi connectivity index (χ1) is 9.34. The van der Waals surface area contributed by atoms with Crippen LogP contribution in [0.3, 0.4) is 0 Å². The maximum atomic E-state index is 4.33. The molecule has 1 fully saturated rings. The minimum Gasteiger partial charge on any atom is -0.330 e. The zero-order valence-electron chi connectivity index (χ0n) is 10.8. The number of hydrogen-bond acceptors (Lipinski definition) is 2. The van der Waals surface area contributed by atoms with Crippen LogP contribution in [0.4, 0.5) is 0 Å². The van der Waals surface area contributed by atoms with E-state index in [1.165, 1.54) is 24.1 Å². The second-order valence-electron chi connectivity index (χ2n) is 5.10. The summed E-state index contributed by atoms with van der Waals surface area (Å²) in [6.07, 6.45) is 6.43. The molecule has 1 aliphatic rings. The average molecular weight is 320 g/mol. The van der Waals surface area contributed by atoms with Gasteiger partial charge in [-0.05, 0) is 37.9 Å². The predicted molar refractivity (Wildman–Crippen MR) is 81.0 cm³/mol. The molecule has 0 atom stereocenters. The second-order valence-corrected chi connectivity index (χ2v) is 5.96. The minimum atomic E-state index is 0.761. The minimum absolute atomic E-state index is 0.761. The van der Waals surface area contributed by atoms with Gasteiger partial charge >= 0.3 is 0 Å². The Hall–Kier alpha value is -1.13. The van der Waals surface area contributed by atoms with Crippen LogP contribution in [0.2, 0.25) is 0 Å². The van der Waals surface area contributed by atoms with Crippen molar-refractivity contribution in [2.45, 2.75) is 19.4 Å². The van der Waals surface area contributed by atoms with Gasteiger partial charge in [-0.25, -0.2) is 4.98 Å². The average Bonchev–Trinajstić information content (AvgIpc) is 2.88. The molecule has 1 aromatic carbocycles. The van der Waals surface area contributed by atoms with Crippen LogP contribution >= 0.6 is 15.9 Å². The van der Waals surface area contributed by atoms with Gasteiger partial charge in [0, 0.05) is 16.6 Å². The lowest BCUT2D eigenvalue weighted by atomic mass is 9.98. The molecule has 0 saturated carbocycles. The molecule has 1 aromatic heterocycles. The topological polar surface area (TPSA) is 29.9 Å². The summed E-state index contributed by atoms with van der Waals surface area (Å²) in [6, 6.07) is 8.33. The molecular weight excluding hydrogens is 302 g/mol. The highest BCUT2D eigenvalue weighted by molar-refractivity contribution is 9.10. The van der Waals surface area contributed by atoms with E-state index in [0.29, 0.717) is 0 Å². The van der Waals surface area contributed by atoms with Crippen molar-refractivity contribution in [3.63, 3.8) is 0 Å². The highest BCUT2D eigenvalue weighted by Crippen LogP contribution is 2.28. The number of hydrogen-bond donors (Lipinski definition) is 1. The number of rotatable bonds is 3. The molecule has 1 N–H and O–H groups in total. The van der Waals surface area contributed by atoms with Crippen LogP contribution in [0.15, 0.2) is 41.3 Å². The van der Waals surface area contributed by atoms with E-state index in [1.807, 2.05) is 18.6 Å². The standard InChI is InChI=1S/C15H18BrN3/c16-14-4-2-1-3-13(14)15-9-18-11-19(15)10-12-5-7-17-8-6-12/h1-4,9,11-12,17H,5-8,10H2. The van der Waals surface area contributed by atoms with Gasteiger partial charge in [-0.15, -0.1) is 0 Å². The van der Waals surface area contributed by atoms with Crippen molar-refractivity contribution in [2.75, 3.05) is 13.1 Å². The Kier molecular flexibility index (Phi) is 3.99. The first-order valence-corrected chi connectivity index (χ1v) is 7.59. The summed E-state index contributed by atoms with van der Waals surface area (Å²) in [4.78, 5) is 4.33. The SMILES string of the molecule is Brc1ccccc1-c1cncn1CC1CCNCC1. The summed E-state index contributed by atoms with van der Waals surface area (Å²) in [5, 5.41) is 3.42. The molecule has 3 nitrogen and oxygen atoms in total. The van der Waals surface area contributed by atoms with Gasteiger partial charge in [0.2, 0.25) is 0 Å². The molecule has 0 spiro atoms. The van der Waals surface area contributed by atoms with Gasteiger partial charge in [-0.1, -0.05) is 34.1 Å². The van der Waals surface area contributed by atoms with Crippen LogP contribution in [-0.4, -0.2) is 22.6 Å². The summed E-state index contributed by atoms with van der Waals surface area (Å²) in [7, 11) is 0. The summed E-state index contributed by atoms with van der Waals surface area (Å²) in [5.41, 5.74) is 2.42. The van der Waals surface area contributed by atoms with Gasteiger partial charge in [-0.2, -0.15) is 0 Å². The Morgan fingerprint density at radius 2 is 2.05 bits per heavy atom. The highest BCUT2D eigenvalue weighted by atomic mass is 79.9. The lowest BCUT2D eigenvalue weighted by Gasteiger charge is -2.23. The molecule has 0 aliphatic carbocycles. The van der Waals surface area contributed by atoms with Crippen LogP contribution in [0, 0.1) is 5.92 Å². The lowest BCUT2D eigenvalue weighted by molar-refractivity contribution is 0.334. The third-order valence-corrected chi connectivity index (χ3v) is 4.47. The Labute approximate surface area is 122 Å². The van der Waals surface area contributed by atoms with E-state index in [2.05, 4.69) is 49.0 Å². The molecule has 0 unspecified atom stereocenters. The molecule has 1 aliphatic heterocycles. The van der Waals surface area contributed by atoms with Gasteiger partial charge in [0.1, 0.15) is 0 Å². The van der Waals surface area contributed by atoms with E-state index < -0.39 is 0 Å². The summed E-state index contributed by atoms with van der Waals surface area (Å²) < 4.78 is 3.41. The molecule has 2 heterocycles. The van der Waals surface area contributed by atoms with Crippen molar-refractivity contribution >= 4 is 15.9 Å². The molecule has 19 heavy (non-hydrogen) atoms. The van der Waals surface area contributed by atoms with Crippen LogP contribution in [0.25, 0.3) is 11.3 Å². The van der Waals surface area contributed by atoms with Crippen molar-refractivity contribution in [1.29, 1.82) is 0 Å². The van der Waals surface area contributed by atoms with Gasteiger partial charge in [0.05, 0.1) is 18.2 Å². The Morgan fingerprint density at radius 1 is 1.26 bits per heavy atom. The fourth-order valence-corrected chi connectivity index (χ4v) is 3.19. The number of imidazole rings is 1. The van der Waals surface area contributed by atoms with Crippen molar-refractivity contribution in [3.8, 4) is 11.3 Å². The van der Waals surface area contributed by atoms with E-state index in [9.17, 15) is 0 Å². The number of benzene rings is 1. The van der Waals surface area contributed by atoms with Crippen LogP contribution in [0.1, 0.15) is 12.8 Å². The molecule has 100 valence electrons. The van der Waals surface area contributed by atoms with Gasteiger partial charge in [-0.3, -0.25) is 0 Å². The van der Waals surface area contributed by atoms with E-state index in [0.717, 1.165) is 30.0 Å². The van der Waals surface area contributed by atoms with Gasteiger partial charge in [0.15, 0.2) is 0 Å². The Morgan fingerprint density at radius 3 is 2.84 bits per heavy atom. The van der Waals surface area contributed by atoms with Gasteiger partial charge < -0.3 is 9.88 Å². The quantitative estimate of drug-likeness (QED) is 0.940. The molecule has 0 amide bonds. The first kappa shape index (κ1) is 12.9. The van der Waals surface area contributed by atoms with Crippen molar-refractivity contribution in [3.05, 3.63) is 41.3 Å². The summed E-state index contributed by atoms with van der Waals surface area (Å²) >= 11 is 3.63. The smallest absolute Gasteiger partial charge is 0.0951 e. The van der Waals surface area contributed by atoms with E-state index in [-0.39, 0.29) is 0 Å². The van der Waals surface area contributed by atoms with Gasteiger partial charge in [0.25, 0.3) is 0 Å². The maximum Gasteiger partial charge on any atom is 0.0951 e. The lowest BCUT2D eigenvalue weighted by Crippen LogP contribution is -2.29. The fourth-order valence-electron chi connectivity index (χ4n) is 2.70. The molecule has 3 rings (SSSR count). The summed E-state index contributed by atoms with van der Waals surface area (Å²) in [5.74, 6) is 0.761. The molecule has 4 heteroatoms. The van der Waals surface area contributed by atoms with Crippen molar-refractivity contribution < 1.29 is 0 Å². The first-order valence-electron chi connectivity index (χ1n) is 6.80. The van der Waals surface area contributed by atoms with Crippen LogP contribution < -0.4 is 5.32 Å². The van der Waals surface area contributed by atoms with Crippen molar-refractivity contribution in [1.82, 2.24) is 14.9 Å². The fraction of sp³-hybridized carbons (Fsp3) is 0.400.